The molecule has 15 heavy (non-hydrogen) atoms. The molecule has 0 amide bonds. The van der Waals surface area contributed by atoms with Crippen molar-refractivity contribution in [3.63, 3.8) is 0 Å². The number of aromatic nitrogens is 3. The molecule has 0 aromatic carbocycles. The zero-order valence-corrected chi connectivity index (χ0v) is 12.1. The number of halogens is 3. The van der Waals surface area contributed by atoms with Crippen LogP contribution in [0.1, 0.15) is 25.5 Å². The van der Waals surface area contributed by atoms with Crippen molar-refractivity contribution in [2.24, 2.45) is 0 Å². The number of hydrogen-bond acceptors (Lipinski definition) is 2. The third-order valence-corrected chi connectivity index (χ3v) is 1.77. The van der Waals surface area contributed by atoms with E-state index in [1.807, 2.05) is 6.92 Å². The van der Waals surface area contributed by atoms with Crippen molar-refractivity contribution >= 4 is 6.98 Å². The van der Waals surface area contributed by atoms with Gasteiger partial charge in [-0.15, -0.1) is 5.10 Å². The summed E-state index contributed by atoms with van der Waals surface area (Å²) in [5.41, 5.74) is 0.631. The summed E-state index contributed by atoms with van der Waals surface area (Å²) in [4.78, 5) is 0. The van der Waals surface area contributed by atoms with E-state index in [-0.39, 0.29) is 51.4 Å². The van der Waals surface area contributed by atoms with E-state index in [0.29, 0.717) is 12.1 Å². The molecule has 0 aliphatic heterocycles. The zero-order valence-electron chi connectivity index (χ0n) is 8.96. The predicted molar refractivity (Wildman–Crippen MR) is 47.7 cm³/mol. The second kappa shape index (κ2) is 7.05. The van der Waals surface area contributed by atoms with Crippen molar-refractivity contribution in [1.82, 2.24) is 15.0 Å². The summed E-state index contributed by atoms with van der Waals surface area (Å²) < 4.78 is 36.8. The van der Waals surface area contributed by atoms with Gasteiger partial charge >= 0.3 is 58.4 Å². The monoisotopic (exact) mass is 245 g/mol. The van der Waals surface area contributed by atoms with E-state index in [2.05, 4.69) is 10.3 Å². The Balaban J connectivity index is 0.00000196. The minimum Gasteiger partial charge on any atom is -0.448 e. The Labute approximate surface area is 129 Å². The van der Waals surface area contributed by atoms with Crippen LogP contribution < -0.4 is 51.4 Å². The van der Waals surface area contributed by atoms with Crippen molar-refractivity contribution in [1.29, 1.82) is 0 Å². The first-order chi connectivity index (χ1) is 6.51. The van der Waals surface area contributed by atoms with Crippen molar-refractivity contribution in [2.45, 2.75) is 32.6 Å². The van der Waals surface area contributed by atoms with Gasteiger partial charge in [-0.1, -0.05) is 18.6 Å². The number of aryl methyl sites for hydroxylation is 1. The molecule has 1 aromatic heterocycles. The third-order valence-electron chi connectivity index (χ3n) is 1.77. The summed E-state index contributed by atoms with van der Waals surface area (Å²) in [5, 5.41) is 7.08. The first-order valence-electron chi connectivity index (χ1n) is 4.61. The molecule has 1 rings (SSSR count). The maximum absolute atomic E-state index is 12.0. The summed E-state index contributed by atoms with van der Waals surface area (Å²) >= 11 is 0. The SMILES string of the molecule is CCCCc1cn(C[B-](F)(F)F)nn1.[K+]. The molecule has 1 aromatic rings. The van der Waals surface area contributed by atoms with E-state index in [9.17, 15) is 12.9 Å². The summed E-state index contributed by atoms with van der Waals surface area (Å²) in [6.45, 7) is -2.81. The van der Waals surface area contributed by atoms with Gasteiger partial charge in [0.15, 0.2) is 0 Å². The largest absolute Gasteiger partial charge is 1.00 e. The van der Waals surface area contributed by atoms with Crippen LogP contribution in [-0.4, -0.2) is 22.0 Å². The second-order valence-electron chi connectivity index (χ2n) is 3.25. The van der Waals surface area contributed by atoms with Gasteiger partial charge in [-0.2, -0.15) is 0 Å². The van der Waals surface area contributed by atoms with Crippen LogP contribution in [0.3, 0.4) is 0 Å². The Morgan fingerprint density at radius 1 is 1.40 bits per heavy atom. The molecular formula is C7H12BF3KN3. The van der Waals surface area contributed by atoms with Gasteiger partial charge in [-0.3, -0.25) is 4.68 Å². The van der Waals surface area contributed by atoms with Crippen molar-refractivity contribution < 1.29 is 64.3 Å². The van der Waals surface area contributed by atoms with E-state index in [0.717, 1.165) is 17.5 Å². The molecule has 1 heterocycles. The first-order valence-corrected chi connectivity index (χ1v) is 4.61. The van der Waals surface area contributed by atoms with Gasteiger partial charge < -0.3 is 12.9 Å². The maximum atomic E-state index is 12.0. The van der Waals surface area contributed by atoms with E-state index >= 15 is 0 Å². The smallest absolute Gasteiger partial charge is 0.448 e. The molecule has 0 saturated carbocycles. The second-order valence-corrected chi connectivity index (χ2v) is 3.25. The topological polar surface area (TPSA) is 30.7 Å². The van der Waals surface area contributed by atoms with E-state index in [4.69, 9.17) is 0 Å². The van der Waals surface area contributed by atoms with E-state index in [1.165, 1.54) is 6.20 Å². The van der Waals surface area contributed by atoms with Crippen LogP contribution >= 0.6 is 0 Å². The summed E-state index contributed by atoms with van der Waals surface area (Å²) in [6, 6.07) is 0. The van der Waals surface area contributed by atoms with Gasteiger partial charge in [-0.25, -0.2) is 0 Å². The van der Waals surface area contributed by atoms with Gasteiger partial charge in [0, 0.05) is 12.6 Å². The van der Waals surface area contributed by atoms with Crippen LogP contribution in [0.4, 0.5) is 12.9 Å². The average molecular weight is 245 g/mol. The molecule has 0 spiro atoms. The first kappa shape index (κ1) is 15.6. The summed E-state index contributed by atoms with van der Waals surface area (Å²) in [5.74, 6) is 0. The van der Waals surface area contributed by atoms with Crippen LogP contribution in [-0.2, 0) is 12.9 Å². The number of hydrogen-bond donors (Lipinski definition) is 0. The number of unbranched alkanes of at least 4 members (excludes halogenated alkanes) is 1. The fourth-order valence-corrected chi connectivity index (χ4v) is 1.11. The molecule has 0 N–H and O–H groups in total. The van der Waals surface area contributed by atoms with Gasteiger partial charge in [-0.05, 0) is 12.8 Å². The minimum atomic E-state index is -4.82. The van der Waals surface area contributed by atoms with Crippen molar-refractivity contribution in [2.75, 3.05) is 0 Å². The Kier molecular flexibility index (Phi) is 7.35. The molecular weight excluding hydrogens is 233 g/mol. The van der Waals surface area contributed by atoms with Gasteiger partial charge in [0.2, 0.25) is 0 Å². The van der Waals surface area contributed by atoms with Crippen molar-refractivity contribution in [3.05, 3.63) is 11.9 Å². The maximum Gasteiger partial charge on any atom is 1.00 e. The fourth-order valence-electron chi connectivity index (χ4n) is 1.11. The average Bonchev–Trinajstić information content (AvgIpc) is 2.46. The number of rotatable bonds is 5. The molecule has 0 aliphatic rings. The van der Waals surface area contributed by atoms with Crippen LogP contribution in [0.25, 0.3) is 0 Å². The molecule has 0 atom stereocenters. The molecule has 0 radical (unpaired) electrons. The predicted octanol–water partition coefficient (Wildman–Crippen LogP) is -0.989. The summed E-state index contributed by atoms with van der Waals surface area (Å²) in [7, 11) is 0. The summed E-state index contributed by atoms with van der Waals surface area (Å²) in [6.07, 6.45) is 2.98. The van der Waals surface area contributed by atoms with Gasteiger partial charge in [0.05, 0.1) is 5.69 Å². The van der Waals surface area contributed by atoms with E-state index in [1.54, 1.807) is 0 Å². The molecule has 0 unspecified atom stereocenters. The Hall–Kier alpha value is 0.631. The number of nitrogens with zero attached hydrogens (tertiary/aromatic N) is 3. The zero-order chi connectivity index (χ0) is 10.6. The minimum absolute atomic E-state index is 0. The van der Waals surface area contributed by atoms with E-state index < -0.39 is 13.4 Å². The Bertz CT molecular complexity index is 289. The van der Waals surface area contributed by atoms with Gasteiger partial charge in [0.1, 0.15) is 0 Å². The fraction of sp³-hybridized carbons (Fsp3) is 0.714. The third kappa shape index (κ3) is 6.73. The Morgan fingerprint density at radius 2 is 2.07 bits per heavy atom. The standard InChI is InChI=1S/C7H12BF3N3.K/c1-2-3-4-7-5-14(13-12-7)6-8(9,10)11;/h5H,2-4,6H2,1H3;/q-1;+1. The molecule has 3 nitrogen and oxygen atoms in total. The molecule has 0 saturated heterocycles. The molecule has 0 bridgehead atoms. The van der Waals surface area contributed by atoms with Crippen LogP contribution in [0.15, 0.2) is 6.20 Å². The molecule has 8 heteroatoms. The quantitative estimate of drug-likeness (QED) is 0.624. The molecule has 0 aliphatic carbocycles. The Morgan fingerprint density at radius 3 is 2.60 bits per heavy atom. The molecule has 0 fully saturated rings. The van der Waals surface area contributed by atoms with Crippen LogP contribution in [0, 0.1) is 0 Å². The van der Waals surface area contributed by atoms with Crippen molar-refractivity contribution in [3.8, 4) is 0 Å². The van der Waals surface area contributed by atoms with Crippen LogP contribution in [0.5, 0.6) is 0 Å². The van der Waals surface area contributed by atoms with Crippen LogP contribution in [0.2, 0.25) is 0 Å². The van der Waals surface area contributed by atoms with Gasteiger partial charge in [0.25, 0.3) is 0 Å². The molecule has 80 valence electrons. The normalized spacial score (nSPS) is 11.2.